The van der Waals surface area contributed by atoms with Crippen molar-refractivity contribution < 1.29 is 13.9 Å². The predicted molar refractivity (Wildman–Crippen MR) is 140 cm³/mol. The number of imidazole rings is 1. The van der Waals surface area contributed by atoms with E-state index in [-0.39, 0.29) is 17.6 Å². The number of ether oxygens (including phenoxy) is 1. The van der Waals surface area contributed by atoms with Gasteiger partial charge in [-0.2, -0.15) is 0 Å². The molecule has 3 aromatic carbocycles. The number of rotatable bonds is 9. The lowest BCUT2D eigenvalue weighted by Gasteiger charge is -2.17. The molecule has 0 spiro atoms. The normalized spacial score (nSPS) is 15.7. The molecular formula is C29H29ClFN3O2. The van der Waals surface area contributed by atoms with Gasteiger partial charge in [0.1, 0.15) is 17.4 Å². The zero-order valence-electron chi connectivity index (χ0n) is 20.3. The molecule has 36 heavy (non-hydrogen) atoms. The number of para-hydroxylation sites is 2. The Balaban J connectivity index is 1.25. The van der Waals surface area contributed by atoms with Crippen LogP contribution < -0.4 is 4.74 Å². The summed E-state index contributed by atoms with van der Waals surface area (Å²) in [7, 11) is 0. The summed E-state index contributed by atoms with van der Waals surface area (Å²) < 4.78 is 21.4. The molecule has 1 aliphatic rings. The average molecular weight is 506 g/mol. The molecule has 1 saturated heterocycles. The Kier molecular flexibility index (Phi) is 7.23. The van der Waals surface area contributed by atoms with E-state index in [0.717, 1.165) is 58.1 Å². The van der Waals surface area contributed by atoms with Gasteiger partial charge in [0.2, 0.25) is 5.91 Å². The van der Waals surface area contributed by atoms with E-state index < -0.39 is 0 Å². The highest BCUT2D eigenvalue weighted by atomic mass is 35.5. The molecule has 1 atom stereocenters. The van der Waals surface area contributed by atoms with Gasteiger partial charge in [-0.1, -0.05) is 35.9 Å². The van der Waals surface area contributed by atoms with Gasteiger partial charge in [-0.05, 0) is 73.4 Å². The van der Waals surface area contributed by atoms with Crippen molar-refractivity contribution in [3.63, 3.8) is 0 Å². The Morgan fingerprint density at radius 1 is 1.08 bits per heavy atom. The molecule has 1 unspecified atom stereocenters. The van der Waals surface area contributed by atoms with Crippen LogP contribution >= 0.6 is 11.6 Å². The van der Waals surface area contributed by atoms with Gasteiger partial charge in [-0.15, -0.1) is 0 Å². The van der Waals surface area contributed by atoms with Crippen molar-refractivity contribution in [2.45, 2.75) is 45.2 Å². The first-order valence-electron chi connectivity index (χ1n) is 12.3. The van der Waals surface area contributed by atoms with Crippen LogP contribution in [0.1, 0.15) is 42.1 Å². The van der Waals surface area contributed by atoms with E-state index in [4.69, 9.17) is 21.3 Å². The number of amides is 1. The molecule has 7 heteroatoms. The molecule has 0 bridgehead atoms. The topological polar surface area (TPSA) is 47.4 Å². The summed E-state index contributed by atoms with van der Waals surface area (Å²) in [4.78, 5) is 19.6. The van der Waals surface area contributed by atoms with E-state index in [0.29, 0.717) is 26.1 Å². The van der Waals surface area contributed by atoms with E-state index in [2.05, 4.69) is 10.6 Å². The summed E-state index contributed by atoms with van der Waals surface area (Å²) in [5.41, 5.74) is 3.97. The van der Waals surface area contributed by atoms with Crippen molar-refractivity contribution in [1.29, 1.82) is 0 Å². The van der Waals surface area contributed by atoms with Gasteiger partial charge < -0.3 is 14.2 Å². The van der Waals surface area contributed by atoms with Gasteiger partial charge in [0.15, 0.2) is 0 Å². The Morgan fingerprint density at radius 2 is 1.89 bits per heavy atom. The van der Waals surface area contributed by atoms with Gasteiger partial charge in [-0.3, -0.25) is 4.79 Å². The second-order valence-corrected chi connectivity index (χ2v) is 9.79. The van der Waals surface area contributed by atoms with Crippen molar-refractivity contribution in [3.05, 3.63) is 94.5 Å². The zero-order chi connectivity index (χ0) is 25.1. The molecule has 4 aromatic rings. The highest BCUT2D eigenvalue weighted by Crippen LogP contribution is 2.31. The van der Waals surface area contributed by atoms with E-state index in [1.54, 1.807) is 12.1 Å². The van der Waals surface area contributed by atoms with Gasteiger partial charge in [-0.25, -0.2) is 9.37 Å². The molecule has 0 aliphatic carbocycles. The van der Waals surface area contributed by atoms with Crippen LogP contribution in [0.15, 0.2) is 66.7 Å². The standard InChI is InChI=1S/C29H29ClFN3O2/c1-20-16-24(12-13-25(20)30)36-15-5-4-14-34-27-7-3-2-6-26(27)32-29(34)22-17-28(35)33(19-22)18-21-8-10-23(31)11-9-21/h2-3,6-13,16,22H,4-5,14-15,17-19H2,1H3. The minimum Gasteiger partial charge on any atom is -0.494 e. The Hall–Kier alpha value is -3.38. The Labute approximate surface area is 215 Å². The third-order valence-electron chi connectivity index (χ3n) is 6.72. The van der Waals surface area contributed by atoms with Gasteiger partial charge in [0, 0.05) is 37.0 Å². The summed E-state index contributed by atoms with van der Waals surface area (Å²) >= 11 is 6.10. The van der Waals surface area contributed by atoms with E-state index >= 15 is 0 Å². The monoisotopic (exact) mass is 505 g/mol. The summed E-state index contributed by atoms with van der Waals surface area (Å²) in [5, 5.41) is 0.739. The molecule has 186 valence electrons. The maximum atomic E-state index is 13.3. The number of halogens is 2. The number of carbonyl (C=O) groups excluding carboxylic acids is 1. The fourth-order valence-corrected chi connectivity index (χ4v) is 4.94. The zero-order valence-corrected chi connectivity index (χ0v) is 21.0. The Morgan fingerprint density at radius 3 is 2.69 bits per heavy atom. The highest BCUT2D eigenvalue weighted by molar-refractivity contribution is 6.31. The Bertz CT molecular complexity index is 1370. The van der Waals surface area contributed by atoms with Crippen LogP contribution in [0.25, 0.3) is 11.0 Å². The second kappa shape index (κ2) is 10.7. The molecule has 1 amide bonds. The van der Waals surface area contributed by atoms with Crippen molar-refractivity contribution >= 4 is 28.5 Å². The number of unbranched alkanes of at least 4 members (excludes halogenated alkanes) is 1. The average Bonchev–Trinajstić information content (AvgIpc) is 3.42. The lowest BCUT2D eigenvalue weighted by Crippen LogP contribution is -2.24. The molecule has 0 saturated carbocycles. The van der Waals surface area contributed by atoms with Gasteiger partial charge in [0.05, 0.1) is 17.6 Å². The largest absolute Gasteiger partial charge is 0.494 e. The molecule has 5 nitrogen and oxygen atoms in total. The van der Waals surface area contributed by atoms with Crippen molar-refractivity contribution in [3.8, 4) is 5.75 Å². The maximum absolute atomic E-state index is 13.3. The SMILES string of the molecule is Cc1cc(OCCCCn2c(C3CC(=O)N(Cc4ccc(F)cc4)C3)nc3ccccc32)ccc1Cl. The number of benzene rings is 3. The number of hydrogen-bond acceptors (Lipinski definition) is 3. The van der Waals surface area contributed by atoms with E-state index in [9.17, 15) is 9.18 Å². The van der Waals surface area contributed by atoms with Crippen molar-refractivity contribution in [1.82, 2.24) is 14.5 Å². The molecule has 1 fully saturated rings. The van der Waals surface area contributed by atoms with Crippen molar-refractivity contribution in [2.24, 2.45) is 0 Å². The number of aryl methyl sites for hydroxylation is 2. The van der Waals surface area contributed by atoms with Crippen LogP contribution in [0, 0.1) is 12.7 Å². The number of carbonyl (C=O) groups is 1. The lowest BCUT2D eigenvalue weighted by molar-refractivity contribution is -0.128. The number of aromatic nitrogens is 2. The van der Waals surface area contributed by atoms with Gasteiger partial charge in [0.25, 0.3) is 0 Å². The van der Waals surface area contributed by atoms with Crippen LogP contribution in [0.3, 0.4) is 0 Å². The minimum atomic E-state index is -0.272. The molecular weight excluding hydrogens is 477 g/mol. The second-order valence-electron chi connectivity index (χ2n) is 9.38. The van der Waals surface area contributed by atoms with Crippen LogP contribution in [-0.2, 0) is 17.9 Å². The van der Waals surface area contributed by atoms with Crippen LogP contribution in [0.5, 0.6) is 5.75 Å². The molecule has 2 heterocycles. The number of hydrogen-bond donors (Lipinski definition) is 0. The third-order valence-corrected chi connectivity index (χ3v) is 7.15. The molecule has 0 N–H and O–H groups in total. The number of likely N-dealkylation sites (tertiary alicyclic amines) is 1. The molecule has 5 rings (SSSR count). The predicted octanol–water partition coefficient (Wildman–Crippen LogP) is 6.51. The minimum absolute atomic E-state index is 0.0265. The van der Waals surface area contributed by atoms with E-state index in [1.165, 1.54) is 12.1 Å². The molecule has 0 radical (unpaired) electrons. The number of nitrogens with zero attached hydrogens (tertiary/aromatic N) is 3. The first-order valence-corrected chi connectivity index (χ1v) is 12.7. The van der Waals surface area contributed by atoms with Crippen LogP contribution in [0.2, 0.25) is 5.02 Å². The summed E-state index contributed by atoms with van der Waals surface area (Å²) in [6.07, 6.45) is 2.26. The quantitative estimate of drug-likeness (QED) is 0.243. The summed E-state index contributed by atoms with van der Waals surface area (Å²) in [6.45, 7) is 4.49. The smallest absolute Gasteiger partial charge is 0.223 e. The maximum Gasteiger partial charge on any atom is 0.223 e. The first kappa shape index (κ1) is 24.3. The summed E-state index contributed by atoms with van der Waals surface area (Å²) in [5.74, 6) is 1.65. The van der Waals surface area contributed by atoms with Crippen LogP contribution in [-0.4, -0.2) is 33.5 Å². The fraction of sp³-hybridized carbons (Fsp3) is 0.310. The van der Waals surface area contributed by atoms with Gasteiger partial charge >= 0.3 is 0 Å². The first-order chi connectivity index (χ1) is 17.5. The van der Waals surface area contributed by atoms with Crippen molar-refractivity contribution in [2.75, 3.05) is 13.2 Å². The highest BCUT2D eigenvalue weighted by Gasteiger charge is 2.33. The molecule has 1 aromatic heterocycles. The molecule has 1 aliphatic heterocycles. The third kappa shape index (κ3) is 5.39. The number of fused-ring (bicyclic) bond motifs is 1. The van der Waals surface area contributed by atoms with E-state index in [1.807, 2.05) is 48.2 Å². The summed E-state index contributed by atoms with van der Waals surface area (Å²) in [6, 6.07) is 20.2. The fourth-order valence-electron chi connectivity index (χ4n) is 4.82. The van der Waals surface area contributed by atoms with Crippen LogP contribution in [0.4, 0.5) is 4.39 Å². The lowest BCUT2D eigenvalue weighted by atomic mass is 10.1.